The number of nitrogens with zero attached hydrogens (tertiary/aromatic N) is 1. The van der Waals surface area contributed by atoms with Gasteiger partial charge in [0.1, 0.15) is 11.6 Å². The topological polar surface area (TPSA) is 29.5 Å². The highest BCUT2D eigenvalue weighted by atomic mass is 35.5. The molecule has 0 saturated heterocycles. The van der Waals surface area contributed by atoms with Gasteiger partial charge in [0.15, 0.2) is 0 Å². The molecule has 0 aliphatic carbocycles. The summed E-state index contributed by atoms with van der Waals surface area (Å²) in [4.78, 5) is 13.6. The molecule has 0 aromatic heterocycles. The van der Waals surface area contributed by atoms with E-state index < -0.39 is 11.7 Å². The lowest BCUT2D eigenvalue weighted by atomic mass is 10.1. The van der Waals surface area contributed by atoms with Gasteiger partial charge in [-0.15, -0.1) is 0 Å². The lowest BCUT2D eigenvalue weighted by molar-refractivity contribution is 0.0989. The maximum Gasteiger partial charge on any atom is 0.261 e. The van der Waals surface area contributed by atoms with Gasteiger partial charge in [0, 0.05) is 23.8 Å². The number of hydrogen-bond donors (Lipinski definition) is 0. The average molecular weight is 294 g/mol. The van der Waals surface area contributed by atoms with E-state index in [1.807, 2.05) is 0 Å². The Morgan fingerprint density at radius 1 is 1.25 bits per heavy atom. The first kappa shape index (κ1) is 14.3. The molecule has 3 nitrogen and oxygen atoms in total. The fourth-order valence-corrected chi connectivity index (χ4v) is 1.95. The summed E-state index contributed by atoms with van der Waals surface area (Å²) in [6, 6.07) is 10.8. The summed E-state index contributed by atoms with van der Waals surface area (Å²) in [5.41, 5.74) is 0.538. The van der Waals surface area contributed by atoms with Crippen LogP contribution in [0.25, 0.3) is 0 Å². The van der Waals surface area contributed by atoms with E-state index in [1.54, 1.807) is 31.3 Å². The number of hydrogen-bond acceptors (Lipinski definition) is 2. The zero-order valence-corrected chi connectivity index (χ0v) is 11.8. The number of halogens is 2. The Morgan fingerprint density at radius 2 is 2.00 bits per heavy atom. The molecular formula is C15H13ClFNO2. The molecule has 0 aliphatic rings. The molecule has 2 rings (SSSR count). The molecule has 0 spiro atoms. The third-order valence-electron chi connectivity index (χ3n) is 2.90. The normalized spacial score (nSPS) is 10.2. The monoisotopic (exact) mass is 293 g/mol. The first-order valence-electron chi connectivity index (χ1n) is 5.90. The molecule has 104 valence electrons. The van der Waals surface area contributed by atoms with Gasteiger partial charge >= 0.3 is 0 Å². The van der Waals surface area contributed by atoms with Crippen LogP contribution in [0.15, 0.2) is 42.5 Å². The van der Waals surface area contributed by atoms with Crippen molar-refractivity contribution in [2.75, 3.05) is 19.1 Å². The highest BCUT2D eigenvalue weighted by molar-refractivity contribution is 6.31. The van der Waals surface area contributed by atoms with Gasteiger partial charge in [-0.1, -0.05) is 17.7 Å². The summed E-state index contributed by atoms with van der Waals surface area (Å²) in [5.74, 6) is -0.457. The number of rotatable bonds is 3. The van der Waals surface area contributed by atoms with E-state index in [2.05, 4.69) is 0 Å². The molecule has 20 heavy (non-hydrogen) atoms. The van der Waals surface area contributed by atoms with Crippen LogP contribution in [0.1, 0.15) is 10.4 Å². The van der Waals surface area contributed by atoms with Crippen molar-refractivity contribution < 1.29 is 13.9 Å². The molecule has 5 heteroatoms. The van der Waals surface area contributed by atoms with E-state index >= 15 is 0 Å². The maximum absolute atomic E-state index is 13.7. The first-order chi connectivity index (χ1) is 9.52. The van der Waals surface area contributed by atoms with Crippen molar-refractivity contribution in [1.82, 2.24) is 0 Å². The van der Waals surface area contributed by atoms with Crippen LogP contribution in [0, 0.1) is 5.82 Å². The quantitative estimate of drug-likeness (QED) is 0.862. The smallest absolute Gasteiger partial charge is 0.261 e. The predicted molar refractivity (Wildman–Crippen MR) is 77.1 cm³/mol. The standard InChI is InChI=1S/C15H13ClFNO2/c1-18(11-4-3-5-12(9-11)20-2)15(19)13-8-10(16)6-7-14(13)17/h3-9H,1-2H3. The van der Waals surface area contributed by atoms with E-state index in [9.17, 15) is 9.18 Å². The molecule has 0 unspecified atom stereocenters. The van der Waals surface area contributed by atoms with E-state index in [-0.39, 0.29) is 5.56 Å². The van der Waals surface area contributed by atoms with Crippen molar-refractivity contribution in [3.05, 3.63) is 58.9 Å². The summed E-state index contributed by atoms with van der Waals surface area (Å²) < 4.78 is 18.8. The maximum atomic E-state index is 13.7. The second-order valence-corrected chi connectivity index (χ2v) is 4.63. The van der Waals surface area contributed by atoms with Gasteiger partial charge in [-0.25, -0.2) is 4.39 Å². The summed E-state index contributed by atoms with van der Waals surface area (Å²) >= 11 is 5.80. The Morgan fingerprint density at radius 3 is 2.70 bits per heavy atom. The minimum atomic E-state index is -0.603. The van der Waals surface area contributed by atoms with Crippen LogP contribution in [-0.2, 0) is 0 Å². The summed E-state index contributed by atoms with van der Waals surface area (Å²) in [6.07, 6.45) is 0. The lowest BCUT2D eigenvalue weighted by Gasteiger charge is -2.18. The highest BCUT2D eigenvalue weighted by Crippen LogP contribution is 2.23. The van der Waals surface area contributed by atoms with Gasteiger partial charge in [-0.2, -0.15) is 0 Å². The molecule has 0 aliphatic heterocycles. The molecule has 0 N–H and O–H groups in total. The van der Waals surface area contributed by atoms with Gasteiger partial charge in [0.05, 0.1) is 12.7 Å². The Labute approximate surface area is 121 Å². The number of methoxy groups -OCH3 is 1. The van der Waals surface area contributed by atoms with Crippen LogP contribution < -0.4 is 9.64 Å². The first-order valence-corrected chi connectivity index (χ1v) is 6.28. The van der Waals surface area contributed by atoms with Crippen LogP contribution >= 0.6 is 11.6 Å². The third-order valence-corrected chi connectivity index (χ3v) is 3.14. The van der Waals surface area contributed by atoms with Crippen molar-refractivity contribution >= 4 is 23.2 Å². The zero-order chi connectivity index (χ0) is 14.7. The van der Waals surface area contributed by atoms with Gasteiger partial charge in [0.2, 0.25) is 0 Å². The molecule has 0 radical (unpaired) electrons. The number of benzene rings is 2. The molecule has 0 bridgehead atoms. The molecule has 2 aromatic carbocycles. The van der Waals surface area contributed by atoms with Crippen molar-refractivity contribution in [1.29, 1.82) is 0 Å². The average Bonchev–Trinajstić information content (AvgIpc) is 2.48. The van der Waals surface area contributed by atoms with E-state index in [0.717, 1.165) is 0 Å². The van der Waals surface area contributed by atoms with Crippen molar-refractivity contribution in [3.63, 3.8) is 0 Å². The van der Waals surface area contributed by atoms with Crippen LogP contribution in [-0.4, -0.2) is 20.1 Å². The van der Waals surface area contributed by atoms with Gasteiger partial charge in [0.25, 0.3) is 5.91 Å². The Balaban J connectivity index is 2.34. The number of amides is 1. The minimum Gasteiger partial charge on any atom is -0.497 e. The highest BCUT2D eigenvalue weighted by Gasteiger charge is 2.18. The van der Waals surface area contributed by atoms with Crippen LogP contribution in [0.3, 0.4) is 0 Å². The number of anilines is 1. The second-order valence-electron chi connectivity index (χ2n) is 4.19. The molecule has 2 aromatic rings. The zero-order valence-electron chi connectivity index (χ0n) is 11.1. The second kappa shape index (κ2) is 5.92. The SMILES string of the molecule is COc1cccc(N(C)C(=O)c2cc(Cl)ccc2F)c1. The Hall–Kier alpha value is -2.07. The van der Waals surface area contributed by atoms with Crippen molar-refractivity contribution in [2.24, 2.45) is 0 Å². The molecular weight excluding hydrogens is 281 g/mol. The van der Waals surface area contributed by atoms with Crippen LogP contribution in [0.2, 0.25) is 5.02 Å². The summed E-state index contributed by atoms with van der Waals surface area (Å²) in [5, 5.41) is 0.314. The fraction of sp³-hybridized carbons (Fsp3) is 0.133. The van der Waals surface area contributed by atoms with E-state index in [0.29, 0.717) is 16.5 Å². The lowest BCUT2D eigenvalue weighted by Crippen LogP contribution is -2.27. The third kappa shape index (κ3) is 2.91. The molecule has 0 fully saturated rings. The Bertz CT molecular complexity index is 646. The van der Waals surface area contributed by atoms with Crippen LogP contribution in [0.5, 0.6) is 5.75 Å². The number of carbonyl (C=O) groups is 1. The Kier molecular flexibility index (Phi) is 4.25. The predicted octanol–water partition coefficient (Wildman–Crippen LogP) is 3.76. The summed E-state index contributed by atoms with van der Waals surface area (Å²) in [7, 11) is 3.11. The summed E-state index contributed by atoms with van der Waals surface area (Å²) in [6.45, 7) is 0. The fourth-order valence-electron chi connectivity index (χ4n) is 1.78. The number of carbonyl (C=O) groups excluding carboxylic acids is 1. The van der Waals surface area contributed by atoms with Gasteiger partial charge in [-0.3, -0.25) is 4.79 Å². The molecule has 1 amide bonds. The largest absolute Gasteiger partial charge is 0.497 e. The molecule has 0 saturated carbocycles. The van der Waals surface area contributed by atoms with E-state index in [4.69, 9.17) is 16.3 Å². The van der Waals surface area contributed by atoms with Crippen molar-refractivity contribution in [2.45, 2.75) is 0 Å². The van der Waals surface area contributed by atoms with E-state index in [1.165, 1.54) is 30.2 Å². The van der Waals surface area contributed by atoms with Gasteiger partial charge < -0.3 is 9.64 Å². The number of ether oxygens (including phenoxy) is 1. The molecule has 0 atom stereocenters. The minimum absolute atomic E-state index is 0.0668. The van der Waals surface area contributed by atoms with Gasteiger partial charge in [-0.05, 0) is 30.3 Å². The van der Waals surface area contributed by atoms with Crippen LogP contribution in [0.4, 0.5) is 10.1 Å². The molecule has 0 heterocycles. The van der Waals surface area contributed by atoms with Crippen molar-refractivity contribution in [3.8, 4) is 5.75 Å².